The van der Waals surface area contributed by atoms with Gasteiger partial charge in [-0.3, -0.25) is 4.99 Å². The number of sulfonamides is 1. The molecule has 0 unspecified atom stereocenters. The highest BCUT2D eigenvalue weighted by Gasteiger charge is 2.27. The smallest absolute Gasteiger partial charge is 0.208 e. The van der Waals surface area contributed by atoms with Gasteiger partial charge in [-0.05, 0) is 12.8 Å². The van der Waals surface area contributed by atoms with Gasteiger partial charge >= 0.3 is 0 Å². The quantitative estimate of drug-likeness (QED) is 0.361. The van der Waals surface area contributed by atoms with Crippen LogP contribution in [0, 0.1) is 0 Å². The molecule has 0 saturated heterocycles. The Bertz CT molecular complexity index is 335. The van der Waals surface area contributed by atoms with E-state index in [0.717, 1.165) is 19.1 Å². The number of rotatable bonds is 5. The molecule has 15 heavy (non-hydrogen) atoms. The molecule has 0 aromatic rings. The highest BCUT2D eigenvalue weighted by molar-refractivity contribution is 7.88. The maximum atomic E-state index is 10.7. The highest BCUT2D eigenvalue weighted by atomic mass is 32.2. The zero-order chi connectivity index (χ0) is 11.5. The molecule has 0 atom stereocenters. The van der Waals surface area contributed by atoms with Crippen molar-refractivity contribution in [1.82, 2.24) is 9.62 Å². The van der Waals surface area contributed by atoms with Gasteiger partial charge in [0.05, 0.1) is 12.8 Å². The number of nitrogens with one attached hydrogen (secondary N) is 1. The third kappa shape index (κ3) is 4.98. The molecule has 1 rings (SSSR count). The second-order valence-corrected chi connectivity index (χ2v) is 5.58. The molecule has 88 valence electrons. The fourth-order valence-corrected chi connectivity index (χ4v) is 1.62. The molecule has 0 bridgehead atoms. The number of nitrogens with two attached hydrogens (primary N) is 1. The first-order valence-electron chi connectivity index (χ1n) is 4.87. The molecule has 6 nitrogen and oxygen atoms in total. The molecule has 0 radical (unpaired) electrons. The van der Waals surface area contributed by atoms with E-state index in [9.17, 15) is 8.42 Å². The first-order valence-corrected chi connectivity index (χ1v) is 6.76. The molecule has 0 aromatic carbocycles. The lowest BCUT2D eigenvalue weighted by Crippen LogP contribution is -2.36. The van der Waals surface area contributed by atoms with Crippen LogP contribution in [0.15, 0.2) is 4.99 Å². The van der Waals surface area contributed by atoms with Gasteiger partial charge in [-0.2, -0.15) is 0 Å². The fourth-order valence-electron chi connectivity index (χ4n) is 1.16. The molecular formula is C8H18N4O2S. The van der Waals surface area contributed by atoms with Crippen LogP contribution in [0.1, 0.15) is 12.8 Å². The zero-order valence-electron chi connectivity index (χ0n) is 9.10. The Balaban J connectivity index is 2.24. The molecule has 0 aromatic heterocycles. The Kier molecular flexibility index (Phi) is 3.92. The van der Waals surface area contributed by atoms with E-state index in [0.29, 0.717) is 18.5 Å². The summed E-state index contributed by atoms with van der Waals surface area (Å²) in [6.45, 7) is 0.661. The van der Waals surface area contributed by atoms with E-state index in [1.165, 1.54) is 0 Å². The molecule has 0 spiro atoms. The molecule has 3 N–H and O–H groups in total. The third-order valence-electron chi connectivity index (χ3n) is 2.21. The predicted octanol–water partition coefficient (Wildman–Crippen LogP) is -1.06. The molecule has 1 saturated carbocycles. The minimum Gasteiger partial charge on any atom is -0.370 e. The topological polar surface area (TPSA) is 87.8 Å². The second-order valence-electron chi connectivity index (χ2n) is 3.75. The molecule has 0 aliphatic heterocycles. The van der Waals surface area contributed by atoms with Gasteiger partial charge in [-0.25, -0.2) is 13.1 Å². The van der Waals surface area contributed by atoms with E-state index in [1.54, 1.807) is 0 Å². The number of aliphatic imine (C=N–C) groups is 1. The van der Waals surface area contributed by atoms with Gasteiger partial charge in [0.15, 0.2) is 5.96 Å². The van der Waals surface area contributed by atoms with E-state index in [-0.39, 0.29) is 6.54 Å². The van der Waals surface area contributed by atoms with Crippen molar-refractivity contribution < 1.29 is 8.42 Å². The standard InChI is InChI=1S/C8H18N4O2S/c1-12(7-3-4-7)8(9)10-5-6-11-15(2,13)14/h7,11H,3-6H2,1-2H3,(H2,9,10). The van der Waals surface area contributed by atoms with Crippen molar-refractivity contribution >= 4 is 16.0 Å². The average molecular weight is 234 g/mol. The number of hydrogen-bond donors (Lipinski definition) is 2. The summed E-state index contributed by atoms with van der Waals surface area (Å²) in [7, 11) is -1.22. The third-order valence-corrected chi connectivity index (χ3v) is 2.93. The lowest BCUT2D eigenvalue weighted by atomic mass is 10.6. The Morgan fingerprint density at radius 3 is 2.67 bits per heavy atom. The Hall–Kier alpha value is -0.820. The van der Waals surface area contributed by atoms with Crippen molar-refractivity contribution in [2.24, 2.45) is 10.7 Å². The highest BCUT2D eigenvalue weighted by Crippen LogP contribution is 2.24. The first kappa shape index (κ1) is 12.3. The normalized spacial score (nSPS) is 17.9. The lowest BCUT2D eigenvalue weighted by Gasteiger charge is -2.16. The molecule has 7 heteroatoms. The van der Waals surface area contributed by atoms with Crippen molar-refractivity contribution in [3.05, 3.63) is 0 Å². The van der Waals surface area contributed by atoms with Crippen molar-refractivity contribution in [3.63, 3.8) is 0 Å². The molecular weight excluding hydrogens is 216 g/mol. The molecule has 0 heterocycles. The van der Waals surface area contributed by atoms with Crippen LogP contribution in [0.5, 0.6) is 0 Å². The van der Waals surface area contributed by atoms with Gasteiger partial charge in [-0.1, -0.05) is 0 Å². The molecule has 1 aliphatic rings. The molecule has 1 fully saturated rings. The molecule has 1 aliphatic carbocycles. The van der Waals surface area contributed by atoms with Gasteiger partial charge in [0.25, 0.3) is 0 Å². The van der Waals surface area contributed by atoms with Gasteiger partial charge in [0, 0.05) is 19.6 Å². The SMILES string of the molecule is CN(C(N)=NCCNS(C)(=O)=O)C1CC1. The first-order chi connectivity index (χ1) is 6.90. The van der Waals surface area contributed by atoms with Crippen LogP contribution in [-0.4, -0.2) is 51.7 Å². The summed E-state index contributed by atoms with van der Waals surface area (Å²) in [5.74, 6) is 0.479. The summed E-state index contributed by atoms with van der Waals surface area (Å²) < 4.78 is 23.8. The lowest BCUT2D eigenvalue weighted by molar-refractivity contribution is 0.487. The fraction of sp³-hybridized carbons (Fsp3) is 0.875. The van der Waals surface area contributed by atoms with E-state index < -0.39 is 10.0 Å². The van der Waals surface area contributed by atoms with Crippen LogP contribution in [0.4, 0.5) is 0 Å². The van der Waals surface area contributed by atoms with Crippen LogP contribution >= 0.6 is 0 Å². The summed E-state index contributed by atoms with van der Waals surface area (Å²) in [6, 6.07) is 0.525. The molecule has 0 amide bonds. The largest absolute Gasteiger partial charge is 0.370 e. The predicted molar refractivity (Wildman–Crippen MR) is 60.1 cm³/mol. The summed E-state index contributed by atoms with van der Waals surface area (Å²) in [6.07, 6.45) is 3.44. The summed E-state index contributed by atoms with van der Waals surface area (Å²) in [4.78, 5) is 6.01. The van der Waals surface area contributed by atoms with Gasteiger partial charge in [-0.15, -0.1) is 0 Å². The zero-order valence-corrected chi connectivity index (χ0v) is 9.92. The summed E-state index contributed by atoms with van der Waals surface area (Å²) in [5.41, 5.74) is 5.71. The van der Waals surface area contributed by atoms with Crippen LogP contribution < -0.4 is 10.5 Å². The van der Waals surface area contributed by atoms with Crippen LogP contribution in [-0.2, 0) is 10.0 Å². The minimum absolute atomic E-state index is 0.290. The maximum absolute atomic E-state index is 10.7. The summed E-state index contributed by atoms with van der Waals surface area (Å²) in [5, 5.41) is 0. The van der Waals surface area contributed by atoms with Crippen molar-refractivity contribution in [3.8, 4) is 0 Å². The maximum Gasteiger partial charge on any atom is 0.208 e. The van der Waals surface area contributed by atoms with Crippen LogP contribution in [0.3, 0.4) is 0 Å². The van der Waals surface area contributed by atoms with E-state index >= 15 is 0 Å². The minimum atomic E-state index is -3.12. The van der Waals surface area contributed by atoms with Crippen molar-refractivity contribution in [2.45, 2.75) is 18.9 Å². The van der Waals surface area contributed by atoms with Crippen molar-refractivity contribution in [1.29, 1.82) is 0 Å². The van der Waals surface area contributed by atoms with Gasteiger partial charge < -0.3 is 10.6 Å². The second kappa shape index (κ2) is 4.80. The number of nitrogens with zero attached hydrogens (tertiary/aromatic N) is 2. The Morgan fingerprint density at radius 2 is 2.20 bits per heavy atom. The average Bonchev–Trinajstić information content (AvgIpc) is 2.92. The van der Waals surface area contributed by atoms with E-state index in [1.807, 2.05) is 11.9 Å². The number of hydrogen-bond acceptors (Lipinski definition) is 3. The van der Waals surface area contributed by atoms with E-state index in [2.05, 4.69) is 9.71 Å². The Morgan fingerprint density at radius 1 is 1.60 bits per heavy atom. The van der Waals surface area contributed by atoms with E-state index in [4.69, 9.17) is 5.73 Å². The van der Waals surface area contributed by atoms with Gasteiger partial charge in [0.1, 0.15) is 0 Å². The van der Waals surface area contributed by atoms with Gasteiger partial charge in [0.2, 0.25) is 10.0 Å². The van der Waals surface area contributed by atoms with Crippen LogP contribution in [0.25, 0.3) is 0 Å². The summed E-state index contributed by atoms with van der Waals surface area (Å²) >= 11 is 0. The van der Waals surface area contributed by atoms with Crippen LogP contribution in [0.2, 0.25) is 0 Å². The number of guanidine groups is 1. The monoisotopic (exact) mass is 234 g/mol. The Labute approximate surface area is 90.6 Å². The van der Waals surface area contributed by atoms with Crippen molar-refractivity contribution in [2.75, 3.05) is 26.4 Å².